The van der Waals surface area contributed by atoms with Crippen LogP contribution in [0.3, 0.4) is 0 Å². The van der Waals surface area contributed by atoms with Crippen molar-refractivity contribution in [1.29, 1.82) is 5.41 Å². The van der Waals surface area contributed by atoms with Gasteiger partial charge in [0, 0.05) is 35.9 Å². The quantitative estimate of drug-likeness (QED) is 0.0368. The molecule has 0 spiro atoms. The van der Waals surface area contributed by atoms with Gasteiger partial charge in [0.25, 0.3) is 11.8 Å². The average molecular weight is 667 g/mol. The number of fused-ring (bicyclic) bond motifs is 1. The van der Waals surface area contributed by atoms with Crippen LogP contribution in [0, 0.1) is 5.41 Å². The maximum Gasteiger partial charge on any atom is 0.352 e. The van der Waals surface area contributed by atoms with Gasteiger partial charge < -0.3 is 48.2 Å². The predicted molar refractivity (Wildman–Crippen MR) is 162 cm³/mol. The second-order valence-electron chi connectivity index (χ2n) is 10.3. The summed E-state index contributed by atoms with van der Waals surface area (Å²) in [5.74, 6) is -4.46. The van der Waals surface area contributed by atoms with E-state index in [1.54, 1.807) is 22.6 Å². The van der Waals surface area contributed by atoms with Crippen LogP contribution in [-0.2, 0) is 37.6 Å². The molecule has 2 aromatic heterocycles. The van der Waals surface area contributed by atoms with Crippen LogP contribution in [0.4, 0.5) is 16.6 Å². The number of nitrogens with one attached hydrogen (secondary N) is 2. The molecule has 2 aliphatic rings. The highest BCUT2D eigenvalue weighted by atomic mass is 32.2. The van der Waals surface area contributed by atoms with Crippen molar-refractivity contribution in [1.82, 2.24) is 24.3 Å². The lowest BCUT2D eigenvalue weighted by Crippen LogP contribution is -2.71. The number of aromatic nitrogens is 4. The second-order valence-corrected chi connectivity index (χ2v) is 12.2. The Balaban J connectivity index is 1.58. The Kier molecular flexibility index (Phi) is 9.20. The molecular weight excluding hydrogens is 634 g/mol. The molecule has 12 N–H and O–H groups in total. The van der Waals surface area contributed by atoms with Gasteiger partial charge in [-0.15, -0.1) is 21.1 Å². The van der Waals surface area contributed by atoms with Gasteiger partial charge in [0.1, 0.15) is 17.1 Å². The number of oxime groups is 1. The van der Waals surface area contributed by atoms with E-state index in [4.69, 9.17) is 33.2 Å². The van der Waals surface area contributed by atoms with Crippen molar-refractivity contribution in [2.75, 3.05) is 35.2 Å². The molecule has 0 aliphatic carbocycles. The number of amides is 2. The van der Waals surface area contributed by atoms with Gasteiger partial charge in [0.05, 0.1) is 7.05 Å². The molecule has 2 atom stereocenters. The highest BCUT2D eigenvalue weighted by Gasteiger charge is 2.55. The first-order chi connectivity index (χ1) is 21.1. The Labute approximate surface area is 263 Å². The summed E-state index contributed by atoms with van der Waals surface area (Å²) in [6.07, 6.45) is 1.60. The topological polar surface area (TPSA) is 311 Å². The Hall–Kier alpha value is -4.96. The summed E-state index contributed by atoms with van der Waals surface area (Å²) in [4.78, 5) is 61.9. The lowest BCUT2D eigenvalue weighted by atomic mass is 10.0. The molecule has 4 heterocycles. The number of aliphatic carboxylic acids is 2. The van der Waals surface area contributed by atoms with Crippen LogP contribution >= 0.6 is 23.3 Å². The molecule has 242 valence electrons. The van der Waals surface area contributed by atoms with Crippen molar-refractivity contribution in [2.24, 2.45) is 23.7 Å². The van der Waals surface area contributed by atoms with Crippen LogP contribution in [0.2, 0.25) is 0 Å². The van der Waals surface area contributed by atoms with Crippen molar-refractivity contribution in [3.05, 3.63) is 23.3 Å². The molecule has 0 aromatic carbocycles. The number of carbonyl (C=O) groups is 4. The number of rotatable bonds is 12. The Morgan fingerprint density at radius 2 is 2.02 bits per heavy atom. The van der Waals surface area contributed by atoms with Gasteiger partial charge in [0.2, 0.25) is 23.3 Å². The van der Waals surface area contributed by atoms with E-state index in [1.165, 1.54) is 30.5 Å². The number of carboxylic acid groups (broad SMARTS) is 2. The first-order valence-corrected chi connectivity index (χ1v) is 14.9. The maximum atomic E-state index is 13.3. The van der Waals surface area contributed by atoms with Crippen LogP contribution < -0.4 is 37.8 Å². The van der Waals surface area contributed by atoms with E-state index < -0.39 is 46.5 Å². The van der Waals surface area contributed by atoms with Crippen LogP contribution in [0.15, 0.2) is 22.6 Å². The van der Waals surface area contributed by atoms with Crippen LogP contribution in [0.5, 0.6) is 0 Å². The van der Waals surface area contributed by atoms with E-state index >= 15 is 0 Å². The zero-order valence-corrected chi connectivity index (χ0v) is 25.9. The average Bonchev–Trinajstić information content (AvgIpc) is 3.52. The van der Waals surface area contributed by atoms with Gasteiger partial charge in [-0.3, -0.25) is 19.9 Å². The van der Waals surface area contributed by atoms with E-state index in [0.717, 1.165) is 16.4 Å². The molecule has 0 radical (unpaired) electrons. The third kappa shape index (κ3) is 6.32. The van der Waals surface area contributed by atoms with E-state index in [9.17, 15) is 29.4 Å². The summed E-state index contributed by atoms with van der Waals surface area (Å²) in [6.45, 7) is 2.87. The number of guanidine groups is 1. The minimum Gasteiger partial charge on any atom is -0.478 e. The van der Waals surface area contributed by atoms with Gasteiger partial charge >= 0.3 is 11.9 Å². The molecule has 0 bridgehead atoms. The molecule has 0 unspecified atom stereocenters. The summed E-state index contributed by atoms with van der Waals surface area (Å²) in [6, 6.07) is -1.16. The van der Waals surface area contributed by atoms with E-state index in [-0.39, 0.29) is 53.8 Å². The molecule has 0 saturated carbocycles. The number of carbonyl (C=O) groups excluding carboxylic acids is 2. The number of nitrogens with zero attached hydrogens (tertiary/aromatic N) is 7. The smallest absolute Gasteiger partial charge is 0.352 e. The van der Waals surface area contributed by atoms with Crippen LogP contribution in [0.1, 0.15) is 19.7 Å². The lowest BCUT2D eigenvalue weighted by Gasteiger charge is -2.49. The minimum atomic E-state index is -1.82. The van der Waals surface area contributed by atoms with Gasteiger partial charge in [-0.05, 0) is 13.8 Å². The molecule has 1 saturated heterocycles. The monoisotopic (exact) mass is 666 g/mol. The van der Waals surface area contributed by atoms with Crippen molar-refractivity contribution < 1.29 is 38.9 Å². The number of hydrogen-bond acceptors (Lipinski definition) is 14. The normalized spacial score (nSPS) is 18.3. The Morgan fingerprint density at radius 1 is 1.33 bits per heavy atom. The standard InChI is InChI=1S/C23H31N13O7S2/c1-23(2,20(41)42)43-31-11(15-30-22(28)45-32-15)16(37)29-12-17(38)36-13(19(39)40)9(8-44-18(12)36)6-34-7-10(14(25)33(34)3)35(5-4-24)21(26)27/h7,12,18,25H,4-6,8,24H2,1-3H3,(H8,26,27,28,29,30,32,37,39,40,41,42)/p+1/b31-11-/t12-,18-/m1/s1. The number of anilines is 3. The van der Waals surface area contributed by atoms with E-state index in [2.05, 4.69) is 19.8 Å². The largest absolute Gasteiger partial charge is 0.478 e. The van der Waals surface area contributed by atoms with Gasteiger partial charge in [-0.1, -0.05) is 5.16 Å². The third-order valence-corrected chi connectivity index (χ3v) is 8.72. The van der Waals surface area contributed by atoms with Crippen molar-refractivity contribution >= 4 is 75.4 Å². The van der Waals surface area contributed by atoms with Crippen molar-refractivity contribution in [2.45, 2.75) is 37.4 Å². The zero-order chi connectivity index (χ0) is 33.4. The fraction of sp³-hybridized carbons (Fsp3) is 0.435. The Bertz CT molecular complexity index is 1630. The maximum absolute atomic E-state index is 13.3. The molecule has 45 heavy (non-hydrogen) atoms. The number of thioether (sulfide) groups is 1. The van der Waals surface area contributed by atoms with Crippen molar-refractivity contribution in [3.8, 4) is 0 Å². The first kappa shape index (κ1) is 32.9. The summed E-state index contributed by atoms with van der Waals surface area (Å²) in [7, 11) is 1.64. The molecule has 20 nitrogen and oxygen atoms in total. The molecular formula is C23H32N13O7S2+. The summed E-state index contributed by atoms with van der Waals surface area (Å²) in [5, 5.41) is 32.7. The van der Waals surface area contributed by atoms with Gasteiger partial charge in [-0.2, -0.15) is 9.36 Å². The van der Waals surface area contributed by atoms with Crippen molar-refractivity contribution in [3.63, 3.8) is 0 Å². The highest BCUT2D eigenvalue weighted by Crippen LogP contribution is 2.40. The Morgan fingerprint density at radius 3 is 2.58 bits per heavy atom. The number of carboxylic acids is 2. The van der Waals surface area contributed by atoms with Crippen LogP contribution in [-0.4, -0.2) is 100 Å². The second kappa shape index (κ2) is 12.6. The number of nitrogen functional groups attached to an aromatic ring is 2. The van der Waals surface area contributed by atoms with E-state index in [1.807, 2.05) is 0 Å². The third-order valence-electron chi connectivity index (χ3n) is 6.84. The molecule has 1 fully saturated rings. The molecule has 2 aliphatic heterocycles. The summed E-state index contributed by atoms with van der Waals surface area (Å²) in [5.41, 5.74) is 21.4. The molecule has 22 heteroatoms. The summed E-state index contributed by atoms with van der Waals surface area (Å²) >= 11 is 1.98. The van der Waals surface area contributed by atoms with E-state index in [0.29, 0.717) is 11.3 Å². The predicted octanol–water partition coefficient (Wildman–Crippen LogP) is -2.99. The lowest BCUT2D eigenvalue weighted by molar-refractivity contribution is -0.765. The summed E-state index contributed by atoms with van der Waals surface area (Å²) < 4.78 is 7.10. The fourth-order valence-electron chi connectivity index (χ4n) is 4.38. The molecule has 4 rings (SSSR count). The fourth-order valence-corrected chi connectivity index (χ4v) is 6.15. The number of nitrogens with two attached hydrogens (primary N) is 4. The number of β-lactam (4-membered cyclic amide) rings is 1. The van der Waals surface area contributed by atoms with Gasteiger partial charge in [0.15, 0.2) is 29.1 Å². The molecule has 2 amide bonds. The number of hydrogen-bond donors (Lipinski definition) is 8. The molecule has 2 aromatic rings. The zero-order valence-electron chi connectivity index (χ0n) is 24.3. The highest BCUT2D eigenvalue weighted by molar-refractivity contribution is 8.00. The van der Waals surface area contributed by atoms with Gasteiger partial charge in [-0.25, -0.2) is 9.59 Å². The van der Waals surface area contributed by atoms with Crippen LogP contribution in [0.25, 0.3) is 0 Å². The minimum absolute atomic E-state index is 0.00107. The SMILES string of the molecule is Cn1c(N)c(N(CCN)C(=N)N)c[n+]1CC1=C(C(=O)O)N2C(=O)[C@@H](NC(=O)/C(=N\OC(C)(C)C(=O)O)c3nsc(N)n3)[C@H]2SC1. The first-order valence-electron chi connectivity index (χ1n) is 13.1.